The van der Waals surface area contributed by atoms with Crippen LogP contribution in [0.3, 0.4) is 0 Å². The van der Waals surface area contributed by atoms with Crippen molar-refractivity contribution < 1.29 is 24.5 Å². The SMILES string of the molecule is CC/C=C\C/C=C\C/C=C\C/C=C\C/C=C\CCCCCC(=O)OC(CCC/C=C\CCCCCCCCC)CC(=O)NC(CO)C(O)CCCCCCCCCCCCCCC. The summed E-state index contributed by atoms with van der Waals surface area (Å²) >= 11 is 0. The van der Waals surface area contributed by atoms with Crippen molar-refractivity contribution >= 4 is 11.9 Å². The van der Waals surface area contributed by atoms with Crippen LogP contribution >= 0.6 is 0 Å². The summed E-state index contributed by atoms with van der Waals surface area (Å²) in [5.74, 6) is -0.541. The van der Waals surface area contributed by atoms with Gasteiger partial charge >= 0.3 is 5.97 Å². The van der Waals surface area contributed by atoms with Gasteiger partial charge < -0.3 is 20.3 Å². The number of hydrogen-bond donors (Lipinski definition) is 3. The third kappa shape index (κ3) is 45.7. The predicted octanol–water partition coefficient (Wildman–Crippen LogP) is 16.2. The Morgan fingerprint density at radius 1 is 0.476 bits per heavy atom. The molecule has 3 atom stereocenters. The number of unbranched alkanes of at least 4 members (excludes halogenated alkanes) is 23. The highest BCUT2D eigenvalue weighted by molar-refractivity contribution is 5.77. The van der Waals surface area contributed by atoms with Crippen molar-refractivity contribution in [2.24, 2.45) is 0 Å². The lowest BCUT2D eigenvalue weighted by molar-refractivity contribution is -0.151. The zero-order valence-corrected chi connectivity index (χ0v) is 41.4. The summed E-state index contributed by atoms with van der Waals surface area (Å²) in [4.78, 5) is 26.1. The van der Waals surface area contributed by atoms with Gasteiger partial charge in [0.2, 0.25) is 5.91 Å². The van der Waals surface area contributed by atoms with Crippen molar-refractivity contribution in [3.8, 4) is 0 Å². The number of aliphatic hydroxyl groups is 2. The molecule has 0 aromatic rings. The Balaban J connectivity index is 4.63. The summed E-state index contributed by atoms with van der Waals surface area (Å²) in [7, 11) is 0. The van der Waals surface area contributed by atoms with E-state index in [1.165, 1.54) is 109 Å². The predicted molar refractivity (Wildman–Crippen MR) is 273 cm³/mol. The molecule has 364 valence electrons. The molecule has 0 saturated heterocycles. The smallest absolute Gasteiger partial charge is 0.306 e. The van der Waals surface area contributed by atoms with Crippen molar-refractivity contribution in [2.75, 3.05) is 6.61 Å². The quantitative estimate of drug-likeness (QED) is 0.0321. The number of ether oxygens (including phenoxy) is 1. The Morgan fingerprint density at radius 2 is 0.873 bits per heavy atom. The zero-order chi connectivity index (χ0) is 45.9. The van der Waals surface area contributed by atoms with Gasteiger partial charge in [0.1, 0.15) is 6.10 Å². The van der Waals surface area contributed by atoms with Gasteiger partial charge in [-0.3, -0.25) is 9.59 Å². The molecule has 0 heterocycles. The fourth-order valence-electron chi connectivity index (χ4n) is 7.75. The summed E-state index contributed by atoms with van der Waals surface area (Å²) < 4.78 is 5.91. The van der Waals surface area contributed by atoms with Gasteiger partial charge in [-0.05, 0) is 89.9 Å². The van der Waals surface area contributed by atoms with Crippen LogP contribution in [0.25, 0.3) is 0 Å². The van der Waals surface area contributed by atoms with E-state index < -0.39 is 18.2 Å². The topological polar surface area (TPSA) is 95.9 Å². The molecule has 63 heavy (non-hydrogen) atoms. The molecule has 0 aromatic carbocycles. The van der Waals surface area contributed by atoms with Gasteiger partial charge in [-0.15, -0.1) is 0 Å². The molecule has 0 fully saturated rings. The number of hydrogen-bond acceptors (Lipinski definition) is 5. The minimum atomic E-state index is -0.802. The molecule has 6 heteroatoms. The molecule has 6 nitrogen and oxygen atoms in total. The lowest BCUT2D eigenvalue weighted by Crippen LogP contribution is -2.46. The summed E-state index contributed by atoms with van der Waals surface area (Å²) in [6.07, 6.45) is 63.9. The molecule has 0 radical (unpaired) electrons. The second-order valence-corrected chi connectivity index (χ2v) is 17.9. The van der Waals surface area contributed by atoms with E-state index in [0.717, 1.165) is 96.3 Å². The third-order valence-electron chi connectivity index (χ3n) is 11.8. The number of rotatable bonds is 47. The average molecular weight is 880 g/mol. The molecule has 1 amide bonds. The second-order valence-electron chi connectivity index (χ2n) is 17.9. The summed E-state index contributed by atoms with van der Waals surface area (Å²) in [5.41, 5.74) is 0. The Hall–Kier alpha value is -2.70. The number of esters is 1. The molecule has 0 aliphatic rings. The molecule has 0 aliphatic carbocycles. The maximum absolute atomic E-state index is 13.2. The Bertz CT molecular complexity index is 1170. The Kier molecular flexibility index (Phi) is 48.1. The summed E-state index contributed by atoms with van der Waals surface area (Å²) in [6, 6.07) is -0.719. The van der Waals surface area contributed by atoms with Crippen molar-refractivity contribution in [2.45, 2.75) is 270 Å². The first-order valence-corrected chi connectivity index (χ1v) is 26.7. The molecular formula is C57H101NO5. The van der Waals surface area contributed by atoms with Crippen LogP contribution in [0, 0.1) is 0 Å². The molecule has 3 unspecified atom stereocenters. The Labute approximate surface area is 390 Å². The number of carbonyl (C=O) groups excluding carboxylic acids is 2. The van der Waals surface area contributed by atoms with Crippen LogP contribution in [-0.4, -0.2) is 46.9 Å². The van der Waals surface area contributed by atoms with Crippen LogP contribution in [0.4, 0.5) is 0 Å². The lowest BCUT2D eigenvalue weighted by atomic mass is 10.0. The van der Waals surface area contributed by atoms with Crippen molar-refractivity contribution in [3.05, 3.63) is 72.9 Å². The number of nitrogens with one attached hydrogen (secondary N) is 1. The van der Waals surface area contributed by atoms with E-state index in [1.54, 1.807) is 0 Å². The van der Waals surface area contributed by atoms with Gasteiger partial charge in [0.05, 0.1) is 25.2 Å². The van der Waals surface area contributed by atoms with E-state index in [0.29, 0.717) is 19.3 Å². The van der Waals surface area contributed by atoms with Crippen LogP contribution in [-0.2, 0) is 14.3 Å². The van der Waals surface area contributed by atoms with Crippen molar-refractivity contribution in [1.29, 1.82) is 0 Å². The van der Waals surface area contributed by atoms with Crippen LogP contribution < -0.4 is 5.32 Å². The minimum Gasteiger partial charge on any atom is -0.462 e. The molecule has 0 saturated carbocycles. The second kappa shape index (κ2) is 50.3. The molecule has 3 N–H and O–H groups in total. The number of aliphatic hydroxyl groups excluding tert-OH is 2. The van der Waals surface area contributed by atoms with Gasteiger partial charge in [-0.25, -0.2) is 0 Å². The van der Waals surface area contributed by atoms with Gasteiger partial charge in [0, 0.05) is 6.42 Å². The highest BCUT2D eigenvalue weighted by atomic mass is 16.5. The summed E-state index contributed by atoms with van der Waals surface area (Å²) in [5, 5.41) is 23.8. The van der Waals surface area contributed by atoms with E-state index in [1.807, 2.05) is 0 Å². The average Bonchev–Trinajstić information content (AvgIpc) is 3.28. The van der Waals surface area contributed by atoms with Gasteiger partial charge in [0.25, 0.3) is 0 Å². The molecule has 0 spiro atoms. The highest BCUT2D eigenvalue weighted by Gasteiger charge is 2.24. The first kappa shape index (κ1) is 60.3. The first-order chi connectivity index (χ1) is 31.0. The number of allylic oxidation sites excluding steroid dienone is 12. The third-order valence-corrected chi connectivity index (χ3v) is 11.8. The maximum Gasteiger partial charge on any atom is 0.306 e. The van der Waals surface area contributed by atoms with E-state index in [9.17, 15) is 19.8 Å². The fourth-order valence-corrected chi connectivity index (χ4v) is 7.75. The minimum absolute atomic E-state index is 0.0412. The molecular weight excluding hydrogens is 779 g/mol. The van der Waals surface area contributed by atoms with Crippen molar-refractivity contribution in [1.82, 2.24) is 5.32 Å². The van der Waals surface area contributed by atoms with Gasteiger partial charge in [-0.1, -0.05) is 222 Å². The number of amides is 1. The number of carbonyl (C=O) groups is 2. The zero-order valence-electron chi connectivity index (χ0n) is 41.4. The highest BCUT2D eigenvalue weighted by Crippen LogP contribution is 2.17. The lowest BCUT2D eigenvalue weighted by Gasteiger charge is -2.24. The largest absolute Gasteiger partial charge is 0.462 e. The molecule has 0 rings (SSSR count). The van der Waals surface area contributed by atoms with Gasteiger partial charge in [0.15, 0.2) is 0 Å². The molecule has 0 aliphatic heterocycles. The normalized spacial score (nSPS) is 13.8. The van der Waals surface area contributed by atoms with E-state index in [4.69, 9.17) is 4.74 Å². The standard InChI is InChI=1S/C57H101NO5/c1-4-7-10-13-16-19-22-25-26-27-28-29-30-32-35-38-41-44-47-50-57(62)63-53(48-45-42-39-36-33-24-21-18-15-12-9-6-3)51-56(61)58-54(52-59)55(60)49-46-43-40-37-34-31-23-20-17-14-11-8-5-2/h7,10,16,19,25-26,28-29,32,35-36,39,53-55,59-60H,4-6,8-9,11-15,17-18,20-24,27,30-31,33-34,37-38,40-52H2,1-3H3,(H,58,61)/b10-7-,19-16-,26-25-,29-28-,35-32-,39-36-. The fraction of sp³-hybridized carbons (Fsp3) is 0.754. The van der Waals surface area contributed by atoms with E-state index >= 15 is 0 Å². The van der Waals surface area contributed by atoms with E-state index in [2.05, 4.69) is 99.0 Å². The van der Waals surface area contributed by atoms with Crippen LogP contribution in [0.2, 0.25) is 0 Å². The van der Waals surface area contributed by atoms with Crippen LogP contribution in [0.5, 0.6) is 0 Å². The van der Waals surface area contributed by atoms with Crippen LogP contribution in [0.15, 0.2) is 72.9 Å². The van der Waals surface area contributed by atoms with Gasteiger partial charge in [-0.2, -0.15) is 0 Å². The van der Waals surface area contributed by atoms with E-state index in [-0.39, 0.29) is 24.9 Å². The van der Waals surface area contributed by atoms with Crippen LogP contribution in [0.1, 0.15) is 252 Å². The molecule has 0 aromatic heterocycles. The summed E-state index contributed by atoms with van der Waals surface area (Å²) in [6.45, 7) is 6.35. The maximum atomic E-state index is 13.2. The first-order valence-electron chi connectivity index (χ1n) is 26.7. The molecule has 0 bridgehead atoms. The Morgan fingerprint density at radius 3 is 1.35 bits per heavy atom. The monoisotopic (exact) mass is 880 g/mol. The van der Waals surface area contributed by atoms with Crippen molar-refractivity contribution in [3.63, 3.8) is 0 Å².